The van der Waals surface area contributed by atoms with Crippen LogP contribution < -0.4 is 10.6 Å². The molecule has 3 N–H and O–H groups in total. The molecule has 2 atom stereocenters. The van der Waals surface area contributed by atoms with Crippen molar-refractivity contribution in [3.05, 3.63) is 0 Å². The van der Waals surface area contributed by atoms with Gasteiger partial charge in [-0.2, -0.15) is 0 Å². The molecule has 2 aliphatic rings. The zero-order valence-corrected chi connectivity index (χ0v) is 9.61. The molecule has 0 aromatic carbocycles. The van der Waals surface area contributed by atoms with E-state index in [-0.39, 0.29) is 5.92 Å². The van der Waals surface area contributed by atoms with Gasteiger partial charge in [0.2, 0.25) is 0 Å². The number of rotatable bonds is 4. The molecular weight excluding hydrogens is 206 g/mol. The molecule has 0 radical (unpaired) electrons. The maximum absolute atomic E-state index is 11.3. The molecule has 2 saturated heterocycles. The maximum atomic E-state index is 11.3. The molecule has 0 saturated carbocycles. The lowest BCUT2D eigenvalue weighted by atomic mass is 9.91. The van der Waals surface area contributed by atoms with E-state index >= 15 is 0 Å². The van der Waals surface area contributed by atoms with Crippen molar-refractivity contribution < 1.29 is 9.90 Å². The molecule has 0 amide bonds. The van der Waals surface area contributed by atoms with Gasteiger partial charge in [0.15, 0.2) is 0 Å². The van der Waals surface area contributed by atoms with Crippen molar-refractivity contribution in [1.82, 2.24) is 15.5 Å². The molecule has 16 heavy (non-hydrogen) atoms. The van der Waals surface area contributed by atoms with Crippen LogP contribution in [0.4, 0.5) is 0 Å². The predicted molar refractivity (Wildman–Crippen MR) is 61.4 cm³/mol. The van der Waals surface area contributed by atoms with Crippen LogP contribution in [0.2, 0.25) is 0 Å². The number of carboxylic acids is 1. The van der Waals surface area contributed by atoms with Crippen LogP contribution in [0.5, 0.6) is 0 Å². The molecule has 0 spiro atoms. The van der Waals surface area contributed by atoms with E-state index < -0.39 is 5.97 Å². The summed E-state index contributed by atoms with van der Waals surface area (Å²) in [6.07, 6.45) is 1.00. The standard InChI is InChI=1S/C11H21N3O2/c15-11(16)10(9-1-2-13-7-9)8-14-5-3-12-4-6-14/h9-10,12-13H,1-8H2,(H,15,16). The number of nitrogens with one attached hydrogen (secondary N) is 2. The van der Waals surface area contributed by atoms with Gasteiger partial charge in [-0.25, -0.2) is 0 Å². The number of hydrogen-bond acceptors (Lipinski definition) is 4. The minimum atomic E-state index is -0.632. The number of nitrogens with zero attached hydrogens (tertiary/aromatic N) is 1. The van der Waals surface area contributed by atoms with Crippen molar-refractivity contribution in [2.75, 3.05) is 45.8 Å². The van der Waals surface area contributed by atoms with Crippen molar-refractivity contribution in [3.8, 4) is 0 Å². The van der Waals surface area contributed by atoms with Crippen LogP contribution in [0.15, 0.2) is 0 Å². The first kappa shape index (κ1) is 11.8. The third-order valence-electron chi connectivity index (χ3n) is 3.65. The fourth-order valence-corrected chi connectivity index (χ4v) is 2.62. The fraction of sp³-hybridized carbons (Fsp3) is 0.909. The van der Waals surface area contributed by atoms with E-state index in [9.17, 15) is 9.90 Å². The van der Waals surface area contributed by atoms with E-state index in [0.717, 1.165) is 45.7 Å². The molecule has 5 nitrogen and oxygen atoms in total. The lowest BCUT2D eigenvalue weighted by Gasteiger charge is -2.31. The van der Waals surface area contributed by atoms with Crippen LogP contribution in [-0.2, 0) is 4.79 Å². The predicted octanol–water partition coefficient (Wildman–Crippen LogP) is -0.798. The number of carboxylic acid groups (broad SMARTS) is 1. The summed E-state index contributed by atoms with van der Waals surface area (Å²) < 4.78 is 0. The van der Waals surface area contributed by atoms with Gasteiger partial charge in [-0.1, -0.05) is 0 Å². The SMILES string of the molecule is O=C(O)C(CN1CCNCC1)C1CCNC1. The van der Waals surface area contributed by atoms with E-state index in [0.29, 0.717) is 12.5 Å². The number of hydrogen-bond donors (Lipinski definition) is 3. The summed E-state index contributed by atoms with van der Waals surface area (Å²) in [4.78, 5) is 13.6. The Kier molecular flexibility index (Phi) is 4.15. The van der Waals surface area contributed by atoms with E-state index in [1.165, 1.54) is 0 Å². The van der Waals surface area contributed by atoms with E-state index in [2.05, 4.69) is 15.5 Å². The topological polar surface area (TPSA) is 64.6 Å². The largest absolute Gasteiger partial charge is 0.481 e. The molecule has 5 heteroatoms. The average molecular weight is 227 g/mol. The smallest absolute Gasteiger partial charge is 0.308 e. The fourth-order valence-electron chi connectivity index (χ4n) is 2.62. The first-order valence-corrected chi connectivity index (χ1v) is 6.14. The molecule has 2 heterocycles. The molecule has 2 fully saturated rings. The van der Waals surface area contributed by atoms with Crippen LogP contribution in [-0.4, -0.2) is 61.8 Å². The molecule has 0 aromatic heterocycles. The second kappa shape index (κ2) is 5.61. The average Bonchev–Trinajstić information content (AvgIpc) is 2.80. The Morgan fingerprint density at radius 1 is 1.31 bits per heavy atom. The van der Waals surface area contributed by atoms with Crippen molar-refractivity contribution >= 4 is 5.97 Å². The zero-order chi connectivity index (χ0) is 11.4. The van der Waals surface area contributed by atoms with Crippen LogP contribution in [0.1, 0.15) is 6.42 Å². The molecular formula is C11H21N3O2. The Bertz CT molecular complexity index is 235. The van der Waals surface area contributed by atoms with Gasteiger partial charge in [0, 0.05) is 32.7 Å². The highest BCUT2D eigenvalue weighted by Gasteiger charge is 2.32. The lowest BCUT2D eigenvalue weighted by Crippen LogP contribution is -2.47. The zero-order valence-electron chi connectivity index (χ0n) is 9.61. The molecule has 2 rings (SSSR count). The summed E-state index contributed by atoms with van der Waals surface area (Å²) in [6, 6.07) is 0. The summed E-state index contributed by atoms with van der Waals surface area (Å²) >= 11 is 0. The van der Waals surface area contributed by atoms with Gasteiger partial charge in [-0.05, 0) is 25.4 Å². The summed E-state index contributed by atoms with van der Waals surface area (Å²) in [5.74, 6) is -0.521. The van der Waals surface area contributed by atoms with Gasteiger partial charge in [-0.3, -0.25) is 9.69 Å². The Morgan fingerprint density at radius 3 is 2.62 bits per heavy atom. The highest BCUT2D eigenvalue weighted by atomic mass is 16.4. The summed E-state index contributed by atoms with van der Waals surface area (Å²) in [5, 5.41) is 15.8. The lowest BCUT2D eigenvalue weighted by molar-refractivity contribution is -0.144. The first-order chi connectivity index (χ1) is 7.77. The van der Waals surface area contributed by atoms with Crippen molar-refractivity contribution in [1.29, 1.82) is 0 Å². The maximum Gasteiger partial charge on any atom is 0.308 e. The molecule has 0 bridgehead atoms. The van der Waals surface area contributed by atoms with Gasteiger partial charge in [0.05, 0.1) is 5.92 Å². The van der Waals surface area contributed by atoms with Gasteiger partial charge >= 0.3 is 5.97 Å². The van der Waals surface area contributed by atoms with Crippen LogP contribution >= 0.6 is 0 Å². The molecule has 0 aromatic rings. The van der Waals surface area contributed by atoms with Crippen LogP contribution in [0, 0.1) is 11.8 Å². The normalized spacial score (nSPS) is 29.1. The monoisotopic (exact) mass is 227 g/mol. The number of piperazine rings is 1. The summed E-state index contributed by atoms with van der Waals surface area (Å²) in [6.45, 7) is 6.46. The molecule has 92 valence electrons. The van der Waals surface area contributed by atoms with E-state index in [4.69, 9.17) is 0 Å². The highest BCUT2D eigenvalue weighted by Crippen LogP contribution is 2.20. The van der Waals surface area contributed by atoms with Gasteiger partial charge in [0.1, 0.15) is 0 Å². The molecule has 2 unspecified atom stereocenters. The Balaban J connectivity index is 1.88. The van der Waals surface area contributed by atoms with Crippen molar-refractivity contribution in [3.63, 3.8) is 0 Å². The van der Waals surface area contributed by atoms with Gasteiger partial charge < -0.3 is 15.7 Å². The molecule has 2 aliphatic heterocycles. The Labute approximate surface area is 96.2 Å². The van der Waals surface area contributed by atoms with Crippen LogP contribution in [0.25, 0.3) is 0 Å². The van der Waals surface area contributed by atoms with E-state index in [1.807, 2.05) is 0 Å². The third kappa shape index (κ3) is 2.93. The van der Waals surface area contributed by atoms with Crippen molar-refractivity contribution in [2.24, 2.45) is 11.8 Å². The Morgan fingerprint density at radius 2 is 2.06 bits per heavy atom. The quantitative estimate of drug-likeness (QED) is 0.587. The summed E-state index contributed by atoms with van der Waals surface area (Å²) in [5.41, 5.74) is 0. The second-order valence-electron chi connectivity index (χ2n) is 4.75. The first-order valence-electron chi connectivity index (χ1n) is 6.14. The van der Waals surface area contributed by atoms with Crippen molar-refractivity contribution in [2.45, 2.75) is 6.42 Å². The minimum Gasteiger partial charge on any atom is -0.481 e. The summed E-state index contributed by atoms with van der Waals surface area (Å²) in [7, 11) is 0. The highest BCUT2D eigenvalue weighted by molar-refractivity contribution is 5.70. The second-order valence-corrected chi connectivity index (χ2v) is 4.75. The van der Waals surface area contributed by atoms with Crippen LogP contribution in [0.3, 0.4) is 0 Å². The Hall–Kier alpha value is -0.650. The third-order valence-corrected chi connectivity index (χ3v) is 3.65. The number of carbonyl (C=O) groups is 1. The minimum absolute atomic E-state index is 0.201. The van der Waals surface area contributed by atoms with Gasteiger partial charge in [0.25, 0.3) is 0 Å². The van der Waals surface area contributed by atoms with E-state index in [1.54, 1.807) is 0 Å². The van der Waals surface area contributed by atoms with Gasteiger partial charge in [-0.15, -0.1) is 0 Å². The number of aliphatic carboxylic acids is 1. The molecule has 0 aliphatic carbocycles.